The molecule has 132 valence electrons. The number of carbonyl (C=O) groups excluding carboxylic acids is 1. The lowest BCUT2D eigenvalue weighted by atomic mass is 10.1. The summed E-state index contributed by atoms with van der Waals surface area (Å²) in [6, 6.07) is 5.31. The zero-order valence-electron chi connectivity index (χ0n) is 13.4. The summed E-state index contributed by atoms with van der Waals surface area (Å²) in [5, 5.41) is 5.47. The van der Waals surface area contributed by atoms with Crippen LogP contribution in [0, 0.1) is 0 Å². The van der Waals surface area contributed by atoms with Crippen LogP contribution in [-0.2, 0) is 32.7 Å². The number of anilines is 1. The highest BCUT2D eigenvalue weighted by atomic mass is 32.2. The maximum Gasteiger partial charge on any atom is 0.319 e. The summed E-state index contributed by atoms with van der Waals surface area (Å²) in [6.07, 6.45) is 0.820. The highest BCUT2D eigenvalue weighted by Gasteiger charge is 2.26. The molecule has 1 aromatic carbocycles. The molecule has 0 aliphatic carbocycles. The fourth-order valence-corrected chi connectivity index (χ4v) is 3.59. The number of rotatable bonds is 4. The van der Waals surface area contributed by atoms with Crippen LogP contribution in [-0.4, -0.2) is 57.4 Å². The molecule has 24 heavy (non-hydrogen) atoms. The van der Waals surface area contributed by atoms with E-state index in [1.165, 1.54) is 10.6 Å². The first kappa shape index (κ1) is 17.2. The summed E-state index contributed by atoms with van der Waals surface area (Å²) in [4.78, 5) is 12.0. The zero-order valence-corrected chi connectivity index (χ0v) is 14.3. The van der Waals surface area contributed by atoms with Crippen molar-refractivity contribution in [2.45, 2.75) is 19.3 Å². The first-order valence-corrected chi connectivity index (χ1v) is 9.58. The third kappa shape index (κ3) is 4.23. The minimum Gasteiger partial charge on any atom is -0.374 e. The van der Waals surface area contributed by atoms with Crippen molar-refractivity contribution in [1.29, 1.82) is 0 Å². The van der Waals surface area contributed by atoms with Crippen LogP contribution < -0.4 is 10.6 Å². The predicted molar refractivity (Wildman–Crippen MR) is 88.1 cm³/mol. The lowest BCUT2D eigenvalue weighted by molar-refractivity contribution is 0.00167. The Kier molecular flexibility index (Phi) is 5.04. The normalized spacial score (nSPS) is 21.3. The molecular formula is C15H21N3O5S. The number of amides is 2. The number of hydrogen-bond donors (Lipinski definition) is 2. The Labute approximate surface area is 141 Å². The molecule has 2 aliphatic rings. The molecule has 0 bridgehead atoms. The maximum atomic E-state index is 12.0. The average Bonchev–Trinajstić information content (AvgIpc) is 3.00. The predicted octanol–water partition coefficient (Wildman–Crippen LogP) is 0.499. The van der Waals surface area contributed by atoms with E-state index in [1.54, 1.807) is 0 Å². The van der Waals surface area contributed by atoms with Crippen LogP contribution in [0.5, 0.6) is 0 Å². The van der Waals surface area contributed by atoms with Crippen molar-refractivity contribution in [3.8, 4) is 0 Å². The third-order valence-corrected chi connectivity index (χ3v) is 5.31. The minimum atomic E-state index is -3.24. The Morgan fingerprint density at radius 2 is 2.12 bits per heavy atom. The number of fused-ring (bicyclic) bond motifs is 1. The monoisotopic (exact) mass is 355 g/mol. The second kappa shape index (κ2) is 7.06. The highest BCUT2D eigenvalue weighted by molar-refractivity contribution is 7.88. The molecule has 1 unspecified atom stereocenters. The topological polar surface area (TPSA) is 97.0 Å². The SMILES string of the molecule is CS(=O)(=O)N1CCOC(CNC(=O)Nc2ccc3c(c2)COC3)C1. The molecule has 2 amide bonds. The van der Waals surface area contributed by atoms with Crippen LogP contribution in [0.1, 0.15) is 11.1 Å². The molecule has 1 saturated heterocycles. The second-order valence-electron chi connectivity index (χ2n) is 5.93. The first-order chi connectivity index (χ1) is 11.4. The van der Waals surface area contributed by atoms with E-state index < -0.39 is 10.0 Å². The van der Waals surface area contributed by atoms with Crippen molar-refractivity contribution >= 4 is 21.7 Å². The van der Waals surface area contributed by atoms with E-state index in [1.807, 2.05) is 18.2 Å². The summed E-state index contributed by atoms with van der Waals surface area (Å²) in [5.74, 6) is 0. The summed E-state index contributed by atoms with van der Waals surface area (Å²) >= 11 is 0. The maximum absolute atomic E-state index is 12.0. The van der Waals surface area contributed by atoms with Crippen molar-refractivity contribution in [1.82, 2.24) is 9.62 Å². The first-order valence-electron chi connectivity index (χ1n) is 7.73. The van der Waals surface area contributed by atoms with E-state index in [2.05, 4.69) is 10.6 Å². The van der Waals surface area contributed by atoms with E-state index in [9.17, 15) is 13.2 Å². The molecule has 1 fully saturated rings. The molecule has 0 saturated carbocycles. The van der Waals surface area contributed by atoms with Gasteiger partial charge in [-0.1, -0.05) is 6.07 Å². The van der Waals surface area contributed by atoms with E-state index >= 15 is 0 Å². The molecule has 3 rings (SSSR count). The van der Waals surface area contributed by atoms with Gasteiger partial charge in [-0.25, -0.2) is 13.2 Å². The van der Waals surface area contributed by atoms with Gasteiger partial charge in [0, 0.05) is 25.3 Å². The Morgan fingerprint density at radius 1 is 1.33 bits per heavy atom. The number of hydrogen-bond acceptors (Lipinski definition) is 5. The fraction of sp³-hybridized carbons (Fsp3) is 0.533. The fourth-order valence-electron chi connectivity index (χ4n) is 2.75. The van der Waals surface area contributed by atoms with Gasteiger partial charge in [0.2, 0.25) is 10.0 Å². The Morgan fingerprint density at radius 3 is 2.92 bits per heavy atom. The van der Waals surface area contributed by atoms with E-state index in [4.69, 9.17) is 9.47 Å². The van der Waals surface area contributed by atoms with Gasteiger partial charge in [-0.2, -0.15) is 4.31 Å². The summed E-state index contributed by atoms with van der Waals surface area (Å²) < 4.78 is 35.3. The number of nitrogens with one attached hydrogen (secondary N) is 2. The van der Waals surface area contributed by atoms with E-state index in [-0.39, 0.29) is 25.2 Å². The van der Waals surface area contributed by atoms with Crippen LogP contribution in [0.15, 0.2) is 18.2 Å². The van der Waals surface area contributed by atoms with Gasteiger partial charge in [0.1, 0.15) is 0 Å². The minimum absolute atomic E-state index is 0.242. The van der Waals surface area contributed by atoms with Crippen LogP contribution in [0.25, 0.3) is 0 Å². The molecule has 1 atom stereocenters. The van der Waals surface area contributed by atoms with Gasteiger partial charge in [-0.15, -0.1) is 0 Å². The van der Waals surface area contributed by atoms with Gasteiger partial charge in [0.05, 0.1) is 32.2 Å². The third-order valence-electron chi connectivity index (χ3n) is 4.04. The number of morpholine rings is 1. The van der Waals surface area contributed by atoms with Crippen molar-refractivity contribution in [2.24, 2.45) is 0 Å². The Balaban J connectivity index is 1.49. The van der Waals surface area contributed by atoms with E-state index in [0.29, 0.717) is 32.1 Å². The largest absolute Gasteiger partial charge is 0.374 e. The average molecular weight is 355 g/mol. The number of sulfonamides is 1. The lowest BCUT2D eigenvalue weighted by Crippen LogP contribution is -2.49. The molecule has 1 aromatic rings. The molecule has 2 aliphatic heterocycles. The van der Waals surface area contributed by atoms with Crippen molar-refractivity contribution < 1.29 is 22.7 Å². The van der Waals surface area contributed by atoms with Gasteiger partial charge in [0.15, 0.2) is 0 Å². The molecule has 8 nitrogen and oxygen atoms in total. The van der Waals surface area contributed by atoms with E-state index in [0.717, 1.165) is 11.1 Å². The van der Waals surface area contributed by atoms with Crippen LogP contribution in [0.3, 0.4) is 0 Å². The zero-order chi connectivity index (χ0) is 17.2. The van der Waals surface area contributed by atoms with Crippen LogP contribution in [0.2, 0.25) is 0 Å². The van der Waals surface area contributed by atoms with Crippen molar-refractivity contribution in [3.63, 3.8) is 0 Å². The van der Waals surface area contributed by atoms with Gasteiger partial charge >= 0.3 is 6.03 Å². The summed E-state index contributed by atoms with van der Waals surface area (Å²) in [6.45, 7) is 2.33. The van der Waals surface area contributed by atoms with Gasteiger partial charge in [-0.05, 0) is 23.3 Å². The number of urea groups is 1. The highest BCUT2D eigenvalue weighted by Crippen LogP contribution is 2.23. The quantitative estimate of drug-likeness (QED) is 0.820. The van der Waals surface area contributed by atoms with Crippen molar-refractivity contribution in [3.05, 3.63) is 29.3 Å². The lowest BCUT2D eigenvalue weighted by Gasteiger charge is -2.31. The smallest absolute Gasteiger partial charge is 0.319 e. The molecular weight excluding hydrogens is 334 g/mol. The second-order valence-corrected chi connectivity index (χ2v) is 7.91. The Bertz CT molecular complexity index is 722. The molecule has 2 N–H and O–H groups in total. The van der Waals surface area contributed by atoms with Crippen molar-refractivity contribution in [2.75, 3.05) is 37.8 Å². The molecule has 9 heteroatoms. The number of nitrogens with zero attached hydrogens (tertiary/aromatic N) is 1. The summed E-state index contributed by atoms with van der Waals surface area (Å²) in [5.41, 5.74) is 2.91. The number of carbonyl (C=O) groups is 1. The standard InChI is InChI=1S/C15H21N3O5S/c1-24(20,21)18-4-5-23-14(8-18)7-16-15(19)17-13-3-2-11-9-22-10-12(11)6-13/h2-3,6,14H,4-5,7-10H2,1H3,(H2,16,17,19). The van der Waals surface area contributed by atoms with Crippen LogP contribution >= 0.6 is 0 Å². The van der Waals surface area contributed by atoms with Gasteiger partial charge < -0.3 is 20.1 Å². The van der Waals surface area contributed by atoms with Gasteiger partial charge in [-0.3, -0.25) is 0 Å². The molecule has 0 spiro atoms. The number of benzene rings is 1. The van der Waals surface area contributed by atoms with Crippen LogP contribution in [0.4, 0.5) is 10.5 Å². The Hall–Kier alpha value is -1.68. The van der Waals surface area contributed by atoms with Gasteiger partial charge in [0.25, 0.3) is 0 Å². The molecule has 2 heterocycles. The number of ether oxygens (including phenoxy) is 2. The summed E-state index contributed by atoms with van der Waals surface area (Å²) in [7, 11) is -3.24. The molecule has 0 aromatic heterocycles. The molecule has 0 radical (unpaired) electrons.